The molecule has 0 rings (SSSR count). The van der Waals surface area contributed by atoms with Gasteiger partial charge in [-0.05, 0) is 36.5 Å². The largest absolute Gasteiger partial charge is 0.481 e. The Morgan fingerprint density at radius 3 is 1.81 bits per heavy atom. The standard InChI is InChI=1S/C21H38O5/c1-20(2,15-19(24)25)13-9-5-7-11-18(23)12-8-6-10-14-21(3,4)16-26-17-22/h17H,5-16H2,1-4H3,(H,24,25). The van der Waals surface area contributed by atoms with E-state index in [9.17, 15) is 14.4 Å². The lowest BCUT2D eigenvalue weighted by atomic mass is 9.83. The van der Waals surface area contributed by atoms with Crippen LogP contribution < -0.4 is 0 Å². The van der Waals surface area contributed by atoms with E-state index in [2.05, 4.69) is 13.8 Å². The summed E-state index contributed by atoms with van der Waals surface area (Å²) in [6.45, 7) is 9.07. The minimum atomic E-state index is -0.746. The van der Waals surface area contributed by atoms with Crippen LogP contribution in [0.1, 0.15) is 98.3 Å². The number of hydrogen-bond donors (Lipinski definition) is 1. The topological polar surface area (TPSA) is 80.7 Å². The van der Waals surface area contributed by atoms with Gasteiger partial charge in [-0.1, -0.05) is 53.4 Å². The molecule has 0 fully saturated rings. The maximum absolute atomic E-state index is 11.9. The third-order valence-corrected chi connectivity index (χ3v) is 4.79. The molecule has 152 valence electrons. The first-order chi connectivity index (χ1) is 12.1. The molecule has 0 atom stereocenters. The van der Waals surface area contributed by atoms with E-state index in [0.29, 0.717) is 31.7 Å². The SMILES string of the molecule is CC(C)(CCCCCC(=O)CCCCCC(C)(C)CC(=O)O)COC=O. The summed E-state index contributed by atoms with van der Waals surface area (Å²) in [6.07, 6.45) is 9.22. The van der Waals surface area contributed by atoms with E-state index < -0.39 is 5.97 Å². The fraction of sp³-hybridized carbons (Fsp3) is 0.857. The number of carbonyl (C=O) groups excluding carboxylic acids is 2. The molecule has 0 spiro atoms. The van der Waals surface area contributed by atoms with Crippen molar-refractivity contribution in [2.75, 3.05) is 6.61 Å². The molecule has 0 amide bonds. The van der Waals surface area contributed by atoms with Crippen LogP contribution in [0.15, 0.2) is 0 Å². The van der Waals surface area contributed by atoms with Gasteiger partial charge in [0.05, 0.1) is 13.0 Å². The van der Waals surface area contributed by atoms with Gasteiger partial charge in [0.15, 0.2) is 0 Å². The van der Waals surface area contributed by atoms with Gasteiger partial charge in [0.1, 0.15) is 5.78 Å². The summed E-state index contributed by atoms with van der Waals surface area (Å²) in [6, 6.07) is 0. The van der Waals surface area contributed by atoms with E-state index in [4.69, 9.17) is 9.84 Å². The van der Waals surface area contributed by atoms with Gasteiger partial charge in [0.25, 0.3) is 6.47 Å². The molecule has 0 heterocycles. The molecule has 0 aromatic heterocycles. The molecular formula is C21H38O5. The number of carbonyl (C=O) groups is 3. The van der Waals surface area contributed by atoms with E-state index in [1.54, 1.807) is 0 Å². The van der Waals surface area contributed by atoms with Crippen molar-refractivity contribution in [2.24, 2.45) is 10.8 Å². The van der Waals surface area contributed by atoms with Gasteiger partial charge in [0, 0.05) is 12.8 Å². The number of hydrogen-bond acceptors (Lipinski definition) is 4. The van der Waals surface area contributed by atoms with Gasteiger partial charge in [-0.25, -0.2) is 0 Å². The molecule has 0 aromatic carbocycles. The molecule has 26 heavy (non-hydrogen) atoms. The number of ketones is 1. The smallest absolute Gasteiger partial charge is 0.303 e. The Morgan fingerprint density at radius 2 is 1.35 bits per heavy atom. The average Bonchev–Trinajstić information content (AvgIpc) is 2.51. The summed E-state index contributed by atoms with van der Waals surface area (Å²) in [7, 11) is 0. The molecule has 0 aliphatic carbocycles. The van der Waals surface area contributed by atoms with Gasteiger partial charge >= 0.3 is 5.97 Å². The number of aliphatic carboxylic acids is 1. The van der Waals surface area contributed by atoms with Crippen LogP contribution in [-0.2, 0) is 19.1 Å². The van der Waals surface area contributed by atoms with E-state index in [1.165, 1.54) is 0 Å². The molecule has 0 aliphatic heterocycles. The number of rotatable bonds is 17. The van der Waals surface area contributed by atoms with Crippen molar-refractivity contribution in [2.45, 2.75) is 98.3 Å². The van der Waals surface area contributed by atoms with Crippen LogP contribution in [0.5, 0.6) is 0 Å². The molecule has 0 saturated heterocycles. The second kappa shape index (κ2) is 12.9. The first kappa shape index (κ1) is 24.6. The lowest BCUT2D eigenvalue weighted by Gasteiger charge is -2.22. The number of unbranched alkanes of at least 4 members (excludes halogenated alkanes) is 4. The monoisotopic (exact) mass is 370 g/mol. The zero-order chi connectivity index (χ0) is 20.1. The second-order valence-corrected chi connectivity index (χ2v) is 8.97. The molecule has 5 heteroatoms. The lowest BCUT2D eigenvalue weighted by Crippen LogP contribution is -2.18. The van der Waals surface area contributed by atoms with Crippen LogP contribution in [-0.4, -0.2) is 29.9 Å². The van der Waals surface area contributed by atoms with Crippen LogP contribution >= 0.6 is 0 Å². The van der Waals surface area contributed by atoms with E-state index in [1.807, 2.05) is 13.8 Å². The Balaban J connectivity index is 3.64. The second-order valence-electron chi connectivity index (χ2n) is 8.97. The highest BCUT2D eigenvalue weighted by atomic mass is 16.5. The molecule has 0 bridgehead atoms. The van der Waals surface area contributed by atoms with Crippen molar-refractivity contribution < 1.29 is 24.2 Å². The predicted molar refractivity (Wildman–Crippen MR) is 103 cm³/mol. The van der Waals surface area contributed by atoms with E-state index in [0.717, 1.165) is 51.4 Å². The van der Waals surface area contributed by atoms with Gasteiger partial charge in [-0.15, -0.1) is 0 Å². The molecule has 1 N–H and O–H groups in total. The quantitative estimate of drug-likeness (QED) is 0.283. The highest BCUT2D eigenvalue weighted by Crippen LogP contribution is 2.28. The maximum atomic E-state index is 11.9. The van der Waals surface area contributed by atoms with Gasteiger partial charge in [-0.3, -0.25) is 14.4 Å². The molecular weight excluding hydrogens is 332 g/mol. The van der Waals surface area contributed by atoms with Gasteiger partial charge < -0.3 is 9.84 Å². The fourth-order valence-corrected chi connectivity index (χ4v) is 3.16. The Bertz CT molecular complexity index is 426. The molecule has 0 saturated carbocycles. The normalized spacial score (nSPS) is 12.0. The van der Waals surface area contributed by atoms with Crippen molar-refractivity contribution in [1.29, 1.82) is 0 Å². The van der Waals surface area contributed by atoms with Crippen LogP contribution in [0.4, 0.5) is 0 Å². The van der Waals surface area contributed by atoms with Crippen molar-refractivity contribution in [3.05, 3.63) is 0 Å². The minimum Gasteiger partial charge on any atom is -0.481 e. The molecule has 5 nitrogen and oxygen atoms in total. The van der Waals surface area contributed by atoms with Gasteiger partial charge in [-0.2, -0.15) is 0 Å². The third kappa shape index (κ3) is 14.9. The fourth-order valence-electron chi connectivity index (χ4n) is 3.16. The van der Waals surface area contributed by atoms with Crippen LogP contribution in [0.2, 0.25) is 0 Å². The van der Waals surface area contributed by atoms with Crippen LogP contribution in [0.3, 0.4) is 0 Å². The van der Waals surface area contributed by atoms with Crippen molar-refractivity contribution >= 4 is 18.2 Å². The number of carboxylic acid groups (broad SMARTS) is 1. The van der Waals surface area contributed by atoms with E-state index >= 15 is 0 Å². The molecule has 0 radical (unpaired) electrons. The zero-order valence-electron chi connectivity index (χ0n) is 17.1. The predicted octanol–water partition coefficient (Wildman–Crippen LogP) is 5.16. The molecule has 0 aromatic rings. The Labute approximate surface area is 158 Å². The number of carboxylic acids is 1. The average molecular weight is 371 g/mol. The Morgan fingerprint density at radius 1 is 0.846 bits per heavy atom. The van der Waals surface area contributed by atoms with E-state index in [-0.39, 0.29) is 17.3 Å². The summed E-state index contributed by atoms with van der Waals surface area (Å²) < 4.78 is 4.83. The maximum Gasteiger partial charge on any atom is 0.303 e. The summed E-state index contributed by atoms with van der Waals surface area (Å²) in [5, 5.41) is 8.86. The summed E-state index contributed by atoms with van der Waals surface area (Å²) >= 11 is 0. The highest BCUT2D eigenvalue weighted by Gasteiger charge is 2.21. The van der Waals surface area contributed by atoms with Gasteiger partial charge in [0.2, 0.25) is 0 Å². The number of ether oxygens (including phenoxy) is 1. The first-order valence-electron chi connectivity index (χ1n) is 9.87. The Kier molecular flexibility index (Phi) is 12.2. The van der Waals surface area contributed by atoms with Crippen LogP contribution in [0, 0.1) is 10.8 Å². The lowest BCUT2D eigenvalue weighted by molar-refractivity contribution is -0.139. The highest BCUT2D eigenvalue weighted by molar-refractivity contribution is 5.78. The number of Topliss-reactive ketones (excluding diaryl/α,β-unsaturated/α-hetero) is 1. The first-order valence-corrected chi connectivity index (χ1v) is 9.87. The third-order valence-electron chi connectivity index (χ3n) is 4.79. The molecule has 0 unspecified atom stereocenters. The summed E-state index contributed by atoms with van der Waals surface area (Å²) in [4.78, 5) is 32.9. The van der Waals surface area contributed by atoms with Crippen LogP contribution in [0.25, 0.3) is 0 Å². The zero-order valence-corrected chi connectivity index (χ0v) is 17.1. The summed E-state index contributed by atoms with van der Waals surface area (Å²) in [5.74, 6) is -0.414. The molecule has 0 aliphatic rings. The minimum absolute atomic E-state index is 0.000660. The Hall–Kier alpha value is -1.39. The van der Waals surface area contributed by atoms with Crippen molar-refractivity contribution in [1.82, 2.24) is 0 Å². The van der Waals surface area contributed by atoms with Crippen molar-refractivity contribution in [3.63, 3.8) is 0 Å². The van der Waals surface area contributed by atoms with Crippen molar-refractivity contribution in [3.8, 4) is 0 Å². The summed E-state index contributed by atoms with van der Waals surface area (Å²) in [5.41, 5.74) is -0.167.